The van der Waals surface area contributed by atoms with E-state index in [1.807, 2.05) is 12.1 Å². The first-order chi connectivity index (χ1) is 7.85. The van der Waals surface area contributed by atoms with Gasteiger partial charge in [-0.15, -0.1) is 0 Å². The van der Waals surface area contributed by atoms with Crippen LogP contribution >= 0.6 is 0 Å². The van der Waals surface area contributed by atoms with Crippen molar-refractivity contribution in [3.63, 3.8) is 0 Å². The Morgan fingerprint density at radius 1 is 1.31 bits per heavy atom. The van der Waals surface area contributed by atoms with Gasteiger partial charge < -0.3 is 15.2 Å². The number of nitrogens with zero attached hydrogens (tertiary/aromatic N) is 1. The van der Waals surface area contributed by atoms with E-state index in [0.29, 0.717) is 13.2 Å². The predicted molar refractivity (Wildman–Crippen MR) is 61.3 cm³/mol. The molecule has 2 heterocycles. The lowest BCUT2D eigenvalue weighted by Crippen LogP contribution is -2.41. The molecule has 16 heavy (non-hydrogen) atoms. The van der Waals surface area contributed by atoms with Crippen molar-refractivity contribution in [3.05, 3.63) is 24.5 Å². The van der Waals surface area contributed by atoms with Crippen molar-refractivity contribution in [2.24, 2.45) is 11.1 Å². The van der Waals surface area contributed by atoms with Gasteiger partial charge in [0, 0.05) is 37.6 Å². The molecule has 0 atom stereocenters. The Labute approximate surface area is 95.8 Å². The third-order valence-corrected chi connectivity index (χ3v) is 3.18. The minimum atomic E-state index is 0.0848. The van der Waals surface area contributed by atoms with Gasteiger partial charge in [0.1, 0.15) is 5.75 Å². The maximum atomic E-state index is 5.85. The van der Waals surface area contributed by atoms with E-state index in [1.165, 1.54) is 0 Å². The summed E-state index contributed by atoms with van der Waals surface area (Å²) in [6.07, 6.45) is 5.42. The Bertz CT molecular complexity index is 310. The summed E-state index contributed by atoms with van der Waals surface area (Å²) in [5, 5.41) is 0. The van der Waals surface area contributed by atoms with E-state index in [-0.39, 0.29) is 5.41 Å². The van der Waals surface area contributed by atoms with Crippen LogP contribution in [0.2, 0.25) is 0 Å². The number of rotatable bonds is 4. The molecule has 0 unspecified atom stereocenters. The third-order valence-electron chi connectivity index (χ3n) is 3.18. The molecule has 88 valence electrons. The topological polar surface area (TPSA) is 57.4 Å². The summed E-state index contributed by atoms with van der Waals surface area (Å²) in [6, 6.07) is 3.73. The van der Waals surface area contributed by atoms with Crippen molar-refractivity contribution in [1.29, 1.82) is 0 Å². The SMILES string of the molecule is NCC1(COc2ccncc2)CCOCC1. The Morgan fingerprint density at radius 3 is 2.62 bits per heavy atom. The van der Waals surface area contributed by atoms with Crippen LogP contribution in [0.4, 0.5) is 0 Å². The maximum absolute atomic E-state index is 5.85. The highest BCUT2D eigenvalue weighted by atomic mass is 16.5. The number of hydrogen-bond acceptors (Lipinski definition) is 4. The summed E-state index contributed by atoms with van der Waals surface area (Å²) >= 11 is 0. The molecule has 0 saturated carbocycles. The zero-order chi connectivity index (χ0) is 11.3. The summed E-state index contributed by atoms with van der Waals surface area (Å²) < 4.78 is 11.1. The van der Waals surface area contributed by atoms with Gasteiger partial charge in [-0.25, -0.2) is 0 Å². The van der Waals surface area contributed by atoms with Crippen LogP contribution in [0.15, 0.2) is 24.5 Å². The second-order valence-corrected chi connectivity index (χ2v) is 4.29. The highest BCUT2D eigenvalue weighted by Gasteiger charge is 2.32. The molecule has 1 fully saturated rings. The van der Waals surface area contributed by atoms with Crippen LogP contribution in [-0.4, -0.2) is 31.3 Å². The van der Waals surface area contributed by atoms with Gasteiger partial charge >= 0.3 is 0 Å². The highest BCUT2D eigenvalue weighted by molar-refractivity contribution is 5.16. The number of hydrogen-bond donors (Lipinski definition) is 1. The molecule has 2 N–H and O–H groups in total. The second-order valence-electron chi connectivity index (χ2n) is 4.29. The van der Waals surface area contributed by atoms with Gasteiger partial charge in [0.25, 0.3) is 0 Å². The first kappa shape index (κ1) is 11.4. The summed E-state index contributed by atoms with van der Waals surface area (Å²) in [5.41, 5.74) is 5.94. The summed E-state index contributed by atoms with van der Waals surface area (Å²) in [6.45, 7) is 2.89. The van der Waals surface area contributed by atoms with Crippen LogP contribution in [0.1, 0.15) is 12.8 Å². The van der Waals surface area contributed by atoms with Crippen molar-refractivity contribution < 1.29 is 9.47 Å². The lowest BCUT2D eigenvalue weighted by atomic mass is 9.81. The van der Waals surface area contributed by atoms with E-state index in [9.17, 15) is 0 Å². The highest BCUT2D eigenvalue weighted by Crippen LogP contribution is 2.30. The standard InChI is InChI=1S/C12H18N2O2/c13-9-12(3-7-15-8-4-12)10-16-11-1-5-14-6-2-11/h1-2,5-6H,3-4,7-10,13H2. The van der Waals surface area contributed by atoms with Crippen molar-refractivity contribution >= 4 is 0 Å². The Kier molecular flexibility index (Phi) is 3.74. The van der Waals surface area contributed by atoms with Crippen molar-refractivity contribution in [2.75, 3.05) is 26.4 Å². The van der Waals surface area contributed by atoms with Crippen molar-refractivity contribution in [1.82, 2.24) is 4.98 Å². The zero-order valence-electron chi connectivity index (χ0n) is 9.39. The average Bonchev–Trinajstić information content (AvgIpc) is 2.39. The van der Waals surface area contributed by atoms with E-state index in [4.69, 9.17) is 15.2 Å². The minimum Gasteiger partial charge on any atom is -0.493 e. The van der Waals surface area contributed by atoms with Gasteiger partial charge in [-0.3, -0.25) is 4.98 Å². The molecular weight excluding hydrogens is 204 g/mol. The molecule has 1 aromatic heterocycles. The fourth-order valence-electron chi connectivity index (χ4n) is 1.88. The quantitative estimate of drug-likeness (QED) is 0.832. The molecule has 1 aliphatic rings. The third kappa shape index (κ3) is 2.71. The van der Waals surface area contributed by atoms with Crippen LogP contribution in [0.3, 0.4) is 0 Å². The molecule has 1 aromatic rings. The van der Waals surface area contributed by atoms with Gasteiger partial charge in [-0.2, -0.15) is 0 Å². The molecule has 4 heteroatoms. The molecule has 0 amide bonds. The first-order valence-electron chi connectivity index (χ1n) is 5.65. The summed E-state index contributed by atoms with van der Waals surface area (Å²) in [7, 11) is 0. The molecule has 0 aliphatic carbocycles. The zero-order valence-corrected chi connectivity index (χ0v) is 9.39. The number of ether oxygens (including phenoxy) is 2. The van der Waals surface area contributed by atoms with E-state index in [2.05, 4.69) is 4.98 Å². The molecule has 0 aromatic carbocycles. The molecule has 4 nitrogen and oxygen atoms in total. The number of pyridine rings is 1. The minimum absolute atomic E-state index is 0.0848. The Hall–Kier alpha value is -1.13. The van der Waals surface area contributed by atoms with Crippen LogP contribution in [0, 0.1) is 5.41 Å². The smallest absolute Gasteiger partial charge is 0.122 e. The molecular formula is C12H18N2O2. The second kappa shape index (κ2) is 5.27. The molecule has 2 rings (SSSR count). The van der Waals surface area contributed by atoms with Gasteiger partial charge in [0.2, 0.25) is 0 Å². The molecule has 0 bridgehead atoms. The molecule has 1 aliphatic heterocycles. The lowest BCUT2D eigenvalue weighted by Gasteiger charge is -2.35. The molecule has 0 spiro atoms. The monoisotopic (exact) mass is 222 g/mol. The Balaban J connectivity index is 1.92. The van der Waals surface area contributed by atoms with Gasteiger partial charge in [-0.05, 0) is 25.0 Å². The van der Waals surface area contributed by atoms with Crippen molar-refractivity contribution in [3.8, 4) is 5.75 Å². The largest absolute Gasteiger partial charge is 0.493 e. The van der Waals surface area contributed by atoms with Gasteiger partial charge in [0.15, 0.2) is 0 Å². The van der Waals surface area contributed by atoms with Gasteiger partial charge in [-0.1, -0.05) is 0 Å². The lowest BCUT2D eigenvalue weighted by molar-refractivity contribution is -0.00500. The van der Waals surface area contributed by atoms with Gasteiger partial charge in [0.05, 0.1) is 6.61 Å². The normalized spacial score (nSPS) is 19.3. The predicted octanol–water partition coefficient (Wildman–Crippen LogP) is 1.22. The average molecular weight is 222 g/mol. The summed E-state index contributed by atoms with van der Waals surface area (Å²) in [5.74, 6) is 0.856. The van der Waals surface area contributed by atoms with Crippen LogP contribution in [0.5, 0.6) is 5.75 Å². The molecule has 1 saturated heterocycles. The fourth-order valence-corrected chi connectivity index (χ4v) is 1.88. The first-order valence-corrected chi connectivity index (χ1v) is 5.65. The number of nitrogens with two attached hydrogens (primary N) is 1. The van der Waals surface area contributed by atoms with Crippen LogP contribution in [0.25, 0.3) is 0 Å². The van der Waals surface area contributed by atoms with E-state index in [1.54, 1.807) is 12.4 Å². The fraction of sp³-hybridized carbons (Fsp3) is 0.583. The van der Waals surface area contributed by atoms with Crippen molar-refractivity contribution in [2.45, 2.75) is 12.8 Å². The van der Waals surface area contributed by atoms with E-state index in [0.717, 1.165) is 31.8 Å². The number of aromatic nitrogens is 1. The van der Waals surface area contributed by atoms with Crippen LogP contribution < -0.4 is 10.5 Å². The van der Waals surface area contributed by atoms with E-state index < -0.39 is 0 Å². The Morgan fingerprint density at radius 2 is 2.00 bits per heavy atom. The van der Waals surface area contributed by atoms with Crippen LogP contribution in [-0.2, 0) is 4.74 Å². The maximum Gasteiger partial charge on any atom is 0.122 e. The molecule has 0 radical (unpaired) electrons. The van der Waals surface area contributed by atoms with E-state index >= 15 is 0 Å². The summed E-state index contributed by atoms with van der Waals surface area (Å²) in [4.78, 5) is 3.95.